The Bertz CT molecular complexity index is 1690. The number of aromatic nitrogens is 3. The summed E-state index contributed by atoms with van der Waals surface area (Å²) >= 11 is 6.16. The highest BCUT2D eigenvalue weighted by Crippen LogP contribution is 2.44. The SMILES string of the molecule is Cc1cccc(C(O)(c2cn(C(c3ccccc3)(c3ccccc3)c3ccccc3)cn2)c2ccnc(Cl)c2F)c1C. The van der Waals surface area contributed by atoms with Gasteiger partial charge in [-0.25, -0.2) is 14.4 Å². The molecule has 4 aromatic carbocycles. The minimum atomic E-state index is -1.96. The quantitative estimate of drug-likeness (QED) is 0.156. The lowest BCUT2D eigenvalue weighted by Crippen LogP contribution is -2.37. The van der Waals surface area contributed by atoms with Gasteiger partial charge in [0.2, 0.25) is 0 Å². The highest BCUT2D eigenvalue weighted by molar-refractivity contribution is 6.29. The van der Waals surface area contributed by atoms with E-state index < -0.39 is 17.0 Å². The molecule has 2 heterocycles. The van der Waals surface area contributed by atoms with E-state index in [1.807, 2.05) is 91.3 Å². The molecule has 0 saturated carbocycles. The third-order valence-corrected chi connectivity index (χ3v) is 8.41. The molecule has 6 heteroatoms. The van der Waals surface area contributed by atoms with E-state index in [0.717, 1.165) is 27.8 Å². The molecule has 208 valence electrons. The first-order valence-electron chi connectivity index (χ1n) is 13.7. The Balaban J connectivity index is 1.69. The van der Waals surface area contributed by atoms with Crippen molar-refractivity contribution in [2.75, 3.05) is 0 Å². The van der Waals surface area contributed by atoms with E-state index >= 15 is 4.39 Å². The van der Waals surface area contributed by atoms with Gasteiger partial charge in [0.05, 0.1) is 12.0 Å². The van der Waals surface area contributed by atoms with Crippen molar-refractivity contribution in [1.82, 2.24) is 14.5 Å². The van der Waals surface area contributed by atoms with Crippen LogP contribution in [-0.2, 0) is 11.1 Å². The van der Waals surface area contributed by atoms with Crippen LogP contribution in [0.2, 0.25) is 5.15 Å². The number of hydrogen-bond acceptors (Lipinski definition) is 3. The second-order valence-electron chi connectivity index (χ2n) is 10.4. The Morgan fingerprint density at radius 2 is 1.24 bits per heavy atom. The number of imidazole rings is 1. The van der Waals surface area contributed by atoms with Crippen LogP contribution in [0.25, 0.3) is 0 Å². The van der Waals surface area contributed by atoms with Crippen molar-refractivity contribution in [1.29, 1.82) is 0 Å². The molecule has 1 unspecified atom stereocenters. The van der Waals surface area contributed by atoms with Crippen molar-refractivity contribution in [3.05, 3.63) is 190 Å². The summed E-state index contributed by atoms with van der Waals surface area (Å²) in [5.74, 6) is -0.794. The van der Waals surface area contributed by atoms with Gasteiger partial charge in [0.1, 0.15) is 5.54 Å². The van der Waals surface area contributed by atoms with Crippen LogP contribution in [0.3, 0.4) is 0 Å². The van der Waals surface area contributed by atoms with Crippen molar-refractivity contribution in [2.24, 2.45) is 0 Å². The van der Waals surface area contributed by atoms with Gasteiger partial charge in [0.15, 0.2) is 16.6 Å². The normalized spacial score (nSPS) is 13.1. The molecule has 0 bridgehead atoms. The summed E-state index contributed by atoms with van der Waals surface area (Å²) in [7, 11) is 0. The van der Waals surface area contributed by atoms with Crippen molar-refractivity contribution in [3.63, 3.8) is 0 Å². The predicted molar refractivity (Wildman–Crippen MR) is 164 cm³/mol. The number of hydrogen-bond donors (Lipinski definition) is 1. The van der Waals surface area contributed by atoms with E-state index in [1.54, 1.807) is 12.4 Å². The van der Waals surface area contributed by atoms with Crippen molar-refractivity contribution in [3.8, 4) is 0 Å². The highest BCUT2D eigenvalue weighted by atomic mass is 35.5. The maximum Gasteiger partial charge on any atom is 0.167 e. The Morgan fingerprint density at radius 3 is 1.79 bits per heavy atom. The number of aryl methyl sites for hydroxylation is 1. The fraction of sp³-hybridized carbons (Fsp3) is 0.111. The Kier molecular flexibility index (Phi) is 7.23. The third-order valence-electron chi connectivity index (χ3n) is 8.15. The molecular formula is C36H29ClFN3O. The Labute approximate surface area is 249 Å². The van der Waals surface area contributed by atoms with Crippen molar-refractivity contribution in [2.45, 2.75) is 25.0 Å². The number of rotatable bonds is 7. The molecule has 0 aliphatic heterocycles. The van der Waals surface area contributed by atoms with Crippen LogP contribution in [0.1, 0.15) is 44.6 Å². The summed E-state index contributed by atoms with van der Waals surface area (Å²) in [6, 6.07) is 37.6. The molecule has 2 aromatic heterocycles. The lowest BCUT2D eigenvalue weighted by atomic mass is 9.76. The number of pyridine rings is 1. The van der Waals surface area contributed by atoms with Crippen molar-refractivity contribution >= 4 is 11.6 Å². The fourth-order valence-corrected chi connectivity index (χ4v) is 6.10. The van der Waals surface area contributed by atoms with Crippen LogP contribution in [0.15, 0.2) is 134 Å². The number of benzene rings is 4. The molecule has 0 amide bonds. The largest absolute Gasteiger partial charge is 0.374 e. The molecule has 1 atom stereocenters. The van der Waals surface area contributed by atoms with Gasteiger partial charge >= 0.3 is 0 Å². The van der Waals surface area contributed by atoms with Crippen LogP contribution in [0, 0.1) is 19.7 Å². The van der Waals surface area contributed by atoms with Crippen LogP contribution >= 0.6 is 11.6 Å². The second kappa shape index (κ2) is 11.0. The second-order valence-corrected chi connectivity index (χ2v) is 10.8. The predicted octanol–water partition coefficient (Wildman–Crippen LogP) is 7.81. The highest BCUT2D eigenvalue weighted by Gasteiger charge is 2.44. The molecular weight excluding hydrogens is 545 g/mol. The summed E-state index contributed by atoms with van der Waals surface area (Å²) in [6.45, 7) is 3.87. The molecule has 0 spiro atoms. The van der Waals surface area contributed by atoms with E-state index in [4.69, 9.17) is 16.6 Å². The summed E-state index contributed by atoms with van der Waals surface area (Å²) in [5, 5.41) is 12.4. The van der Waals surface area contributed by atoms with Crippen LogP contribution in [0.5, 0.6) is 0 Å². The van der Waals surface area contributed by atoms with Gasteiger partial charge in [-0.15, -0.1) is 0 Å². The summed E-state index contributed by atoms with van der Waals surface area (Å²) < 4.78 is 17.7. The van der Waals surface area contributed by atoms with E-state index in [-0.39, 0.29) is 16.4 Å². The van der Waals surface area contributed by atoms with Gasteiger partial charge in [0, 0.05) is 18.0 Å². The zero-order valence-electron chi connectivity index (χ0n) is 23.2. The Hall–Kier alpha value is -4.58. The average molecular weight is 574 g/mol. The van der Waals surface area contributed by atoms with Crippen LogP contribution in [0.4, 0.5) is 4.39 Å². The van der Waals surface area contributed by atoms with E-state index in [1.165, 1.54) is 12.3 Å². The van der Waals surface area contributed by atoms with Gasteiger partial charge in [0.25, 0.3) is 0 Å². The number of halogens is 2. The monoisotopic (exact) mass is 573 g/mol. The molecule has 1 N–H and O–H groups in total. The van der Waals surface area contributed by atoms with Crippen LogP contribution in [-0.4, -0.2) is 19.6 Å². The molecule has 4 nitrogen and oxygen atoms in total. The maximum absolute atomic E-state index is 15.7. The number of aliphatic hydroxyl groups is 1. The zero-order valence-corrected chi connectivity index (χ0v) is 24.0. The van der Waals surface area contributed by atoms with E-state index in [0.29, 0.717) is 5.56 Å². The molecule has 0 aliphatic rings. The molecule has 0 aliphatic carbocycles. The summed E-state index contributed by atoms with van der Waals surface area (Å²) in [4.78, 5) is 8.71. The van der Waals surface area contributed by atoms with E-state index in [2.05, 4.69) is 41.4 Å². The first kappa shape index (κ1) is 27.6. The maximum atomic E-state index is 15.7. The zero-order chi connectivity index (χ0) is 29.3. The lowest BCUT2D eigenvalue weighted by Gasteiger charge is -2.37. The molecule has 6 rings (SSSR count). The minimum absolute atomic E-state index is 0.0221. The van der Waals surface area contributed by atoms with Gasteiger partial charge in [-0.2, -0.15) is 0 Å². The minimum Gasteiger partial charge on any atom is -0.374 e. The van der Waals surface area contributed by atoms with Gasteiger partial charge < -0.3 is 9.67 Å². The number of nitrogens with zero attached hydrogens (tertiary/aromatic N) is 3. The topological polar surface area (TPSA) is 50.9 Å². The third kappa shape index (κ3) is 4.33. The van der Waals surface area contributed by atoms with Crippen LogP contribution < -0.4 is 0 Å². The summed E-state index contributed by atoms with van der Waals surface area (Å²) in [5.41, 5.74) is 2.70. The standard InChI is InChI=1S/C36H29ClFN3O/c1-25-13-12-20-30(26(25)2)36(42,31-21-22-39-34(37)33(31)38)32-23-41(24-40-32)35(27-14-6-3-7-15-27,28-16-8-4-9-17-28)29-18-10-5-11-19-29/h3-24,42H,1-2H3. The Morgan fingerprint density at radius 1 is 0.690 bits per heavy atom. The molecule has 6 aromatic rings. The van der Waals surface area contributed by atoms with Crippen molar-refractivity contribution < 1.29 is 9.50 Å². The van der Waals surface area contributed by atoms with Gasteiger partial charge in [-0.1, -0.05) is 121 Å². The van der Waals surface area contributed by atoms with E-state index in [9.17, 15) is 5.11 Å². The molecule has 0 saturated heterocycles. The first-order valence-corrected chi connectivity index (χ1v) is 14.1. The van der Waals surface area contributed by atoms with Gasteiger partial charge in [-0.3, -0.25) is 0 Å². The lowest BCUT2D eigenvalue weighted by molar-refractivity contribution is 0.116. The fourth-order valence-electron chi connectivity index (χ4n) is 5.94. The summed E-state index contributed by atoms with van der Waals surface area (Å²) in [6.07, 6.45) is 4.91. The first-order chi connectivity index (χ1) is 20.4. The average Bonchev–Trinajstić information content (AvgIpc) is 3.53. The molecule has 42 heavy (non-hydrogen) atoms. The van der Waals surface area contributed by atoms with Gasteiger partial charge in [-0.05, 0) is 53.3 Å². The molecule has 0 radical (unpaired) electrons. The smallest absolute Gasteiger partial charge is 0.167 e. The molecule has 0 fully saturated rings.